The summed E-state index contributed by atoms with van der Waals surface area (Å²) in [6.07, 6.45) is 1.01. The summed E-state index contributed by atoms with van der Waals surface area (Å²) in [5.74, 6) is 1.34. The van der Waals surface area contributed by atoms with Crippen LogP contribution in [0.5, 0.6) is 5.75 Å². The normalized spacial score (nSPS) is 10.8. The highest BCUT2D eigenvalue weighted by atomic mass is 35.5. The molecule has 6 heteroatoms. The van der Waals surface area contributed by atoms with Gasteiger partial charge >= 0.3 is 0 Å². The van der Waals surface area contributed by atoms with Crippen LogP contribution in [-0.2, 0) is 0 Å². The molecule has 0 aliphatic carbocycles. The molecule has 0 atom stereocenters. The van der Waals surface area contributed by atoms with Crippen molar-refractivity contribution in [1.29, 1.82) is 0 Å². The fraction of sp³-hybridized carbons (Fsp3) is 0.250. The van der Waals surface area contributed by atoms with E-state index in [1.54, 1.807) is 18.2 Å². The Morgan fingerprint density at radius 3 is 2.50 bits per heavy atom. The van der Waals surface area contributed by atoms with Crippen LogP contribution in [0.2, 0.25) is 5.02 Å². The number of halogens is 2. The van der Waals surface area contributed by atoms with Crippen LogP contribution < -0.4 is 27.5 Å². The predicted molar refractivity (Wildman–Crippen MR) is 101 cm³/mol. The first-order valence-corrected chi connectivity index (χ1v) is 8.66. The minimum atomic E-state index is -0.106. The molecule has 0 fully saturated rings. The molecular weight excluding hydrogens is 373 g/mol. The molecule has 3 rings (SSSR count). The van der Waals surface area contributed by atoms with Crippen LogP contribution in [0.3, 0.4) is 0 Å². The van der Waals surface area contributed by atoms with Crippen molar-refractivity contribution in [2.45, 2.75) is 6.42 Å². The molecule has 138 valence electrons. The van der Waals surface area contributed by atoms with Crippen LogP contribution in [0.4, 0.5) is 0 Å². The number of nitrogens with one attached hydrogen (secondary N) is 1. The van der Waals surface area contributed by atoms with Gasteiger partial charge in [0.15, 0.2) is 5.43 Å². The summed E-state index contributed by atoms with van der Waals surface area (Å²) in [7, 11) is 4.25. The second kappa shape index (κ2) is 9.08. The monoisotopic (exact) mass is 393 g/mol. The lowest BCUT2D eigenvalue weighted by Gasteiger charge is -2.09. The number of fused-ring (bicyclic) bond motifs is 1. The molecule has 0 bridgehead atoms. The van der Waals surface area contributed by atoms with E-state index in [0.717, 1.165) is 24.3 Å². The lowest BCUT2D eigenvalue weighted by atomic mass is 10.1. The van der Waals surface area contributed by atoms with Crippen molar-refractivity contribution in [2.75, 3.05) is 27.2 Å². The number of hydrogen-bond acceptors (Lipinski definition) is 3. The summed E-state index contributed by atoms with van der Waals surface area (Å²) in [4.78, 5) is 13.7. The van der Waals surface area contributed by atoms with Gasteiger partial charge in [-0.3, -0.25) is 4.79 Å². The molecule has 0 saturated carbocycles. The van der Waals surface area contributed by atoms with Crippen LogP contribution in [-0.4, -0.2) is 27.2 Å². The molecule has 1 N–H and O–H groups in total. The maximum Gasteiger partial charge on any atom is 0.193 e. The van der Waals surface area contributed by atoms with E-state index in [0.29, 0.717) is 28.4 Å². The van der Waals surface area contributed by atoms with Gasteiger partial charge < -0.3 is 26.5 Å². The first kappa shape index (κ1) is 20.3. The molecule has 0 aliphatic heterocycles. The van der Waals surface area contributed by atoms with Gasteiger partial charge in [-0.1, -0.05) is 11.6 Å². The summed E-state index contributed by atoms with van der Waals surface area (Å²) in [5.41, 5.74) is 1.25. The maximum atomic E-state index is 12.3. The zero-order valence-corrected chi connectivity index (χ0v) is 16.2. The molecule has 0 unspecified atom stereocenters. The fourth-order valence-corrected chi connectivity index (χ4v) is 2.77. The first-order chi connectivity index (χ1) is 12.0. The van der Waals surface area contributed by atoms with Crippen LogP contribution in [0.1, 0.15) is 6.42 Å². The van der Waals surface area contributed by atoms with Crippen molar-refractivity contribution < 1.29 is 26.5 Å². The van der Waals surface area contributed by atoms with Gasteiger partial charge in [0.2, 0.25) is 0 Å². The average molecular weight is 394 g/mol. The van der Waals surface area contributed by atoms with Gasteiger partial charge in [0.05, 0.1) is 32.6 Å². The zero-order valence-electron chi connectivity index (χ0n) is 14.7. The topological polar surface area (TPSA) is 43.9 Å². The van der Waals surface area contributed by atoms with Crippen molar-refractivity contribution >= 4 is 22.6 Å². The number of ether oxygens (including phenoxy) is 1. The van der Waals surface area contributed by atoms with E-state index in [9.17, 15) is 4.79 Å². The van der Waals surface area contributed by atoms with E-state index in [2.05, 4.69) is 14.1 Å². The largest absolute Gasteiger partial charge is 1.00 e. The number of benzene rings is 2. The minimum Gasteiger partial charge on any atom is -1.00 e. The van der Waals surface area contributed by atoms with Crippen molar-refractivity contribution in [3.63, 3.8) is 0 Å². The molecule has 3 aromatic rings. The van der Waals surface area contributed by atoms with Gasteiger partial charge in [-0.05, 0) is 42.5 Å². The van der Waals surface area contributed by atoms with Crippen molar-refractivity contribution in [1.82, 2.24) is 0 Å². The number of rotatable bonds is 6. The number of hydrogen-bond donors (Lipinski definition) is 1. The molecule has 0 spiro atoms. The SMILES string of the molecule is C[NH+](C)CCCOc1ccc(-c2cc(=O)c3cc(Cl)ccc3o2)cc1.[Cl-]. The van der Waals surface area contributed by atoms with E-state index in [-0.39, 0.29) is 17.8 Å². The molecule has 0 amide bonds. The second-order valence-electron chi connectivity index (χ2n) is 6.30. The van der Waals surface area contributed by atoms with Gasteiger partial charge in [0.25, 0.3) is 0 Å². The van der Waals surface area contributed by atoms with Gasteiger partial charge in [-0.25, -0.2) is 0 Å². The number of quaternary nitrogens is 1. The van der Waals surface area contributed by atoms with Crippen LogP contribution in [0, 0.1) is 0 Å². The van der Waals surface area contributed by atoms with E-state index in [4.69, 9.17) is 20.8 Å². The Labute approximate surface area is 163 Å². The Bertz CT molecular complexity index is 920. The lowest BCUT2D eigenvalue weighted by Crippen LogP contribution is -3.05. The van der Waals surface area contributed by atoms with Crippen molar-refractivity contribution in [3.8, 4) is 17.1 Å². The summed E-state index contributed by atoms with van der Waals surface area (Å²) in [5, 5.41) is 1.00. The van der Waals surface area contributed by atoms with Crippen LogP contribution in [0.15, 0.2) is 57.7 Å². The van der Waals surface area contributed by atoms with Crippen LogP contribution in [0.25, 0.3) is 22.3 Å². The summed E-state index contributed by atoms with van der Waals surface area (Å²) in [6, 6.07) is 14.1. The maximum absolute atomic E-state index is 12.3. The van der Waals surface area contributed by atoms with Gasteiger partial charge in [0.1, 0.15) is 17.1 Å². The quantitative estimate of drug-likeness (QED) is 0.601. The van der Waals surface area contributed by atoms with Crippen molar-refractivity contribution in [2.24, 2.45) is 0 Å². The fourth-order valence-electron chi connectivity index (χ4n) is 2.60. The third-order valence-electron chi connectivity index (χ3n) is 3.92. The molecule has 1 heterocycles. The minimum absolute atomic E-state index is 0. The third kappa shape index (κ3) is 5.01. The lowest BCUT2D eigenvalue weighted by molar-refractivity contribution is -0.858. The molecule has 0 radical (unpaired) electrons. The third-order valence-corrected chi connectivity index (χ3v) is 4.15. The van der Waals surface area contributed by atoms with E-state index in [1.807, 2.05) is 24.3 Å². The molecular formula is C20H21Cl2NO3. The molecule has 0 aliphatic rings. The highest BCUT2D eigenvalue weighted by Crippen LogP contribution is 2.25. The first-order valence-electron chi connectivity index (χ1n) is 8.28. The summed E-state index contributed by atoms with van der Waals surface area (Å²) >= 11 is 5.94. The molecule has 2 aromatic carbocycles. The van der Waals surface area contributed by atoms with E-state index in [1.165, 1.54) is 11.0 Å². The van der Waals surface area contributed by atoms with E-state index < -0.39 is 0 Å². The Morgan fingerprint density at radius 1 is 1.08 bits per heavy atom. The van der Waals surface area contributed by atoms with Gasteiger partial charge in [-0.2, -0.15) is 0 Å². The predicted octanol–water partition coefficient (Wildman–Crippen LogP) is 0.0308. The highest BCUT2D eigenvalue weighted by molar-refractivity contribution is 6.31. The Hall–Kier alpha value is -2.01. The van der Waals surface area contributed by atoms with Gasteiger partial charge in [-0.15, -0.1) is 0 Å². The summed E-state index contributed by atoms with van der Waals surface area (Å²) in [6.45, 7) is 1.76. The van der Waals surface area contributed by atoms with Crippen molar-refractivity contribution in [3.05, 3.63) is 63.8 Å². The standard InChI is InChI=1S/C20H20ClNO3.ClH/c1-22(2)10-3-11-24-16-7-4-14(5-8-16)20-13-18(23)17-12-15(21)6-9-19(17)25-20;/h4-9,12-13H,3,10-11H2,1-2H3;1H. The Balaban J connectivity index is 0.00000243. The molecule has 1 aromatic heterocycles. The molecule has 4 nitrogen and oxygen atoms in total. The molecule has 0 saturated heterocycles. The zero-order chi connectivity index (χ0) is 17.8. The second-order valence-corrected chi connectivity index (χ2v) is 6.74. The van der Waals surface area contributed by atoms with Gasteiger partial charge in [0, 0.05) is 23.1 Å². The Kier molecular flexibility index (Phi) is 7.09. The molecule has 26 heavy (non-hydrogen) atoms. The average Bonchev–Trinajstić information content (AvgIpc) is 2.59. The smallest absolute Gasteiger partial charge is 0.193 e. The van der Waals surface area contributed by atoms with E-state index >= 15 is 0 Å². The highest BCUT2D eigenvalue weighted by Gasteiger charge is 2.08. The Morgan fingerprint density at radius 2 is 1.81 bits per heavy atom. The summed E-state index contributed by atoms with van der Waals surface area (Å²) < 4.78 is 11.6. The van der Waals surface area contributed by atoms with Crippen LogP contribution >= 0.6 is 11.6 Å².